The predicted molar refractivity (Wildman–Crippen MR) is 114 cm³/mol. The van der Waals surface area contributed by atoms with E-state index in [9.17, 15) is 9.59 Å². The number of nitrogens with zero attached hydrogens (tertiary/aromatic N) is 3. The van der Waals surface area contributed by atoms with E-state index in [0.29, 0.717) is 12.2 Å². The number of carbonyl (C=O) groups excluding carboxylic acids is 1. The van der Waals surface area contributed by atoms with Crippen molar-refractivity contribution in [2.24, 2.45) is 0 Å². The topological polar surface area (TPSA) is 55.2 Å². The fourth-order valence-corrected chi connectivity index (χ4v) is 3.35. The highest BCUT2D eigenvalue weighted by Crippen LogP contribution is 2.26. The van der Waals surface area contributed by atoms with Crippen molar-refractivity contribution >= 4 is 16.7 Å². The van der Waals surface area contributed by atoms with Crippen LogP contribution >= 0.6 is 0 Å². The van der Waals surface area contributed by atoms with Gasteiger partial charge in [-0.3, -0.25) is 9.59 Å². The van der Waals surface area contributed by atoms with E-state index in [1.807, 2.05) is 72.8 Å². The maximum absolute atomic E-state index is 12.7. The maximum atomic E-state index is 12.7. The zero-order valence-corrected chi connectivity index (χ0v) is 16.2. The van der Waals surface area contributed by atoms with Gasteiger partial charge >= 0.3 is 0 Å². The first kappa shape index (κ1) is 18.6. The van der Waals surface area contributed by atoms with Crippen LogP contribution in [0.2, 0.25) is 0 Å². The number of carbonyl (C=O) groups is 1. The second-order valence-electron chi connectivity index (χ2n) is 6.98. The Morgan fingerprint density at radius 3 is 2.45 bits per heavy atom. The number of amides is 1. The van der Waals surface area contributed by atoms with E-state index in [1.165, 1.54) is 10.7 Å². The van der Waals surface area contributed by atoms with E-state index >= 15 is 0 Å². The van der Waals surface area contributed by atoms with Gasteiger partial charge in [0.2, 0.25) is 5.91 Å². The molecule has 1 aromatic heterocycles. The van der Waals surface area contributed by atoms with E-state index in [4.69, 9.17) is 0 Å². The van der Waals surface area contributed by atoms with Gasteiger partial charge in [-0.25, -0.2) is 4.68 Å². The Morgan fingerprint density at radius 1 is 0.897 bits per heavy atom. The minimum absolute atomic E-state index is 0.0965. The lowest BCUT2D eigenvalue weighted by molar-refractivity contribution is -0.131. The summed E-state index contributed by atoms with van der Waals surface area (Å²) in [6.07, 6.45) is 0. The molecule has 0 atom stereocenters. The van der Waals surface area contributed by atoms with Crippen molar-refractivity contribution < 1.29 is 4.79 Å². The molecule has 1 heterocycles. The highest BCUT2D eigenvalue weighted by atomic mass is 16.2. The zero-order chi connectivity index (χ0) is 20.2. The Bertz CT molecular complexity index is 1210. The van der Waals surface area contributed by atoms with Gasteiger partial charge in [-0.2, -0.15) is 5.10 Å². The van der Waals surface area contributed by atoms with Crippen LogP contribution in [0.3, 0.4) is 0 Å². The maximum Gasteiger partial charge on any atom is 0.267 e. The third-order valence-corrected chi connectivity index (χ3v) is 4.91. The molecule has 5 nitrogen and oxygen atoms in total. The van der Waals surface area contributed by atoms with Crippen LogP contribution in [0.4, 0.5) is 0 Å². The molecular weight excluding hydrogens is 362 g/mol. The van der Waals surface area contributed by atoms with Crippen molar-refractivity contribution in [2.75, 3.05) is 7.05 Å². The molecule has 5 heteroatoms. The van der Waals surface area contributed by atoms with E-state index in [-0.39, 0.29) is 18.0 Å². The lowest BCUT2D eigenvalue weighted by atomic mass is 10.0. The van der Waals surface area contributed by atoms with Crippen LogP contribution in [0.15, 0.2) is 89.7 Å². The molecule has 29 heavy (non-hydrogen) atoms. The molecule has 4 aromatic rings. The number of benzene rings is 3. The van der Waals surface area contributed by atoms with E-state index in [0.717, 1.165) is 21.9 Å². The van der Waals surface area contributed by atoms with Crippen molar-refractivity contribution in [2.45, 2.75) is 13.1 Å². The van der Waals surface area contributed by atoms with Crippen LogP contribution in [-0.4, -0.2) is 27.6 Å². The summed E-state index contributed by atoms with van der Waals surface area (Å²) in [6.45, 7) is 0.387. The zero-order valence-electron chi connectivity index (χ0n) is 16.2. The standard InChI is InChI=1S/C24H21N3O2/c1-26(16-18-8-3-2-4-9-18)24(29)17-27-23(28)15-14-22(25-27)21-13-7-11-19-10-5-6-12-20(19)21/h2-15H,16-17H2,1H3. The summed E-state index contributed by atoms with van der Waals surface area (Å²) in [5, 5.41) is 6.63. The average Bonchev–Trinajstić information content (AvgIpc) is 2.75. The Hall–Kier alpha value is -3.73. The molecule has 0 spiro atoms. The highest BCUT2D eigenvalue weighted by molar-refractivity contribution is 5.95. The van der Waals surface area contributed by atoms with Gasteiger partial charge in [-0.05, 0) is 22.4 Å². The number of likely N-dealkylation sites (N-methyl/N-ethyl adjacent to an activating group) is 1. The van der Waals surface area contributed by atoms with Gasteiger partial charge in [-0.15, -0.1) is 0 Å². The van der Waals surface area contributed by atoms with Crippen LogP contribution in [-0.2, 0) is 17.9 Å². The molecule has 0 fully saturated rings. The summed E-state index contributed by atoms with van der Waals surface area (Å²) in [5.41, 5.74) is 2.34. The first-order valence-electron chi connectivity index (χ1n) is 9.46. The molecule has 0 saturated carbocycles. The number of aromatic nitrogens is 2. The number of hydrogen-bond acceptors (Lipinski definition) is 3. The Morgan fingerprint density at radius 2 is 1.62 bits per heavy atom. The van der Waals surface area contributed by atoms with Gasteiger partial charge in [0.25, 0.3) is 5.56 Å². The van der Waals surface area contributed by atoms with Gasteiger partial charge in [0.15, 0.2) is 0 Å². The van der Waals surface area contributed by atoms with Gasteiger partial charge in [0.05, 0.1) is 5.69 Å². The van der Waals surface area contributed by atoms with Crippen LogP contribution < -0.4 is 5.56 Å². The van der Waals surface area contributed by atoms with Crippen molar-refractivity contribution in [3.63, 3.8) is 0 Å². The minimum atomic E-state index is -0.296. The normalized spacial score (nSPS) is 10.8. The second kappa shape index (κ2) is 8.10. The summed E-state index contributed by atoms with van der Waals surface area (Å²) < 4.78 is 1.24. The van der Waals surface area contributed by atoms with E-state index in [2.05, 4.69) is 5.10 Å². The van der Waals surface area contributed by atoms with Crippen LogP contribution in [0.25, 0.3) is 22.0 Å². The van der Waals surface area contributed by atoms with Gasteiger partial charge < -0.3 is 4.90 Å². The fourth-order valence-electron chi connectivity index (χ4n) is 3.35. The summed E-state index contributed by atoms with van der Waals surface area (Å²) >= 11 is 0. The summed E-state index contributed by atoms with van der Waals surface area (Å²) in [7, 11) is 1.73. The molecule has 0 aliphatic heterocycles. The minimum Gasteiger partial charge on any atom is -0.340 e. The first-order valence-corrected chi connectivity index (χ1v) is 9.46. The van der Waals surface area contributed by atoms with Gasteiger partial charge in [0, 0.05) is 25.2 Å². The Labute approximate surface area is 168 Å². The molecule has 0 aliphatic rings. The lowest BCUT2D eigenvalue weighted by Crippen LogP contribution is -2.34. The highest BCUT2D eigenvalue weighted by Gasteiger charge is 2.13. The monoisotopic (exact) mass is 383 g/mol. The Kier molecular flexibility index (Phi) is 5.20. The molecule has 0 bridgehead atoms. The number of fused-ring (bicyclic) bond motifs is 1. The van der Waals surface area contributed by atoms with Crippen LogP contribution in [0, 0.1) is 0 Å². The first-order chi connectivity index (χ1) is 14.1. The molecule has 0 saturated heterocycles. The fraction of sp³-hybridized carbons (Fsp3) is 0.125. The van der Waals surface area contributed by atoms with E-state index < -0.39 is 0 Å². The predicted octanol–water partition coefficient (Wildman–Crippen LogP) is 3.72. The van der Waals surface area contributed by atoms with Crippen molar-refractivity contribution in [3.05, 3.63) is 101 Å². The van der Waals surface area contributed by atoms with Crippen LogP contribution in [0.1, 0.15) is 5.56 Å². The van der Waals surface area contributed by atoms with Gasteiger partial charge in [-0.1, -0.05) is 72.8 Å². The average molecular weight is 383 g/mol. The molecule has 0 radical (unpaired) electrons. The molecule has 4 rings (SSSR count). The molecule has 0 aliphatic carbocycles. The Balaban J connectivity index is 1.60. The third-order valence-electron chi connectivity index (χ3n) is 4.91. The SMILES string of the molecule is CN(Cc1ccccc1)C(=O)Cn1nc(-c2cccc3ccccc23)ccc1=O. The molecule has 0 unspecified atom stereocenters. The third kappa shape index (κ3) is 4.09. The molecule has 3 aromatic carbocycles. The van der Waals surface area contributed by atoms with E-state index in [1.54, 1.807) is 18.0 Å². The van der Waals surface area contributed by atoms with Crippen molar-refractivity contribution in [1.82, 2.24) is 14.7 Å². The summed E-state index contributed by atoms with van der Waals surface area (Å²) in [5.74, 6) is -0.168. The number of rotatable bonds is 5. The second-order valence-corrected chi connectivity index (χ2v) is 6.98. The van der Waals surface area contributed by atoms with Crippen molar-refractivity contribution in [1.29, 1.82) is 0 Å². The largest absolute Gasteiger partial charge is 0.340 e. The van der Waals surface area contributed by atoms with Crippen LogP contribution in [0.5, 0.6) is 0 Å². The molecular formula is C24H21N3O2. The molecule has 144 valence electrons. The summed E-state index contributed by atoms with van der Waals surface area (Å²) in [6, 6.07) is 26.9. The molecule has 1 amide bonds. The number of hydrogen-bond donors (Lipinski definition) is 0. The summed E-state index contributed by atoms with van der Waals surface area (Å²) in [4.78, 5) is 26.6. The molecule has 0 N–H and O–H groups in total. The smallest absolute Gasteiger partial charge is 0.267 e. The quantitative estimate of drug-likeness (QED) is 0.528. The van der Waals surface area contributed by atoms with Crippen molar-refractivity contribution in [3.8, 4) is 11.3 Å². The van der Waals surface area contributed by atoms with Gasteiger partial charge in [0.1, 0.15) is 6.54 Å². The lowest BCUT2D eigenvalue weighted by Gasteiger charge is -2.18.